The smallest absolute Gasteiger partial charge is 0.223 e. The molecule has 2 saturated carbocycles. The quantitative estimate of drug-likeness (QED) is 0.813. The number of carbonyl (C=O) groups is 1. The van der Waals surface area contributed by atoms with Crippen LogP contribution in [0.4, 0.5) is 0 Å². The fraction of sp³-hybridized carbons (Fsp3) is 0.545. The number of fused-ring (bicyclic) bond motifs is 1. The molecule has 1 aromatic heterocycles. The molecule has 0 bridgehead atoms. The van der Waals surface area contributed by atoms with E-state index in [0.717, 1.165) is 55.0 Å². The molecule has 4 rings (SSSR count). The van der Waals surface area contributed by atoms with Crippen LogP contribution in [0.5, 0.6) is 0 Å². The molecule has 2 aliphatic carbocycles. The summed E-state index contributed by atoms with van der Waals surface area (Å²) in [4.78, 5) is 17.5. The molecule has 4 heteroatoms. The van der Waals surface area contributed by atoms with Crippen molar-refractivity contribution in [1.82, 2.24) is 10.3 Å². The fourth-order valence-corrected chi connectivity index (χ4v) is 4.45. The minimum Gasteiger partial charge on any atom is -0.393 e. The third-order valence-corrected chi connectivity index (χ3v) is 6.12. The number of benzene rings is 1. The van der Waals surface area contributed by atoms with Gasteiger partial charge in [0.1, 0.15) is 0 Å². The van der Waals surface area contributed by atoms with Gasteiger partial charge in [0.2, 0.25) is 5.91 Å². The number of para-hydroxylation sites is 1. The number of carbonyl (C=O) groups excluding carboxylic acids is 1. The Hall–Kier alpha value is -1.94. The Labute approximate surface area is 155 Å². The van der Waals surface area contributed by atoms with Gasteiger partial charge in [0.15, 0.2) is 0 Å². The van der Waals surface area contributed by atoms with Crippen molar-refractivity contribution in [3.05, 3.63) is 42.1 Å². The van der Waals surface area contributed by atoms with Crippen LogP contribution in [0, 0.1) is 11.8 Å². The summed E-state index contributed by atoms with van der Waals surface area (Å²) in [7, 11) is 0. The van der Waals surface area contributed by atoms with E-state index in [0.29, 0.717) is 5.92 Å². The molecule has 0 unspecified atom stereocenters. The Morgan fingerprint density at radius 1 is 1.12 bits per heavy atom. The van der Waals surface area contributed by atoms with E-state index in [9.17, 15) is 9.90 Å². The van der Waals surface area contributed by atoms with Gasteiger partial charge in [-0.25, -0.2) is 0 Å². The number of nitrogens with one attached hydrogen (secondary N) is 1. The van der Waals surface area contributed by atoms with Crippen LogP contribution in [-0.4, -0.2) is 22.1 Å². The lowest BCUT2D eigenvalue weighted by Gasteiger charge is -2.38. The van der Waals surface area contributed by atoms with Crippen molar-refractivity contribution in [2.24, 2.45) is 11.8 Å². The second-order valence-electron chi connectivity index (χ2n) is 8.02. The molecule has 1 heterocycles. The molecule has 138 valence electrons. The van der Waals surface area contributed by atoms with Crippen molar-refractivity contribution in [2.45, 2.75) is 63.5 Å². The molecule has 2 aromatic rings. The summed E-state index contributed by atoms with van der Waals surface area (Å²) >= 11 is 0. The zero-order valence-corrected chi connectivity index (χ0v) is 15.2. The van der Waals surface area contributed by atoms with Crippen molar-refractivity contribution in [3.63, 3.8) is 0 Å². The van der Waals surface area contributed by atoms with Gasteiger partial charge in [-0.2, -0.15) is 0 Å². The van der Waals surface area contributed by atoms with E-state index in [1.165, 1.54) is 12.8 Å². The lowest BCUT2D eigenvalue weighted by Crippen LogP contribution is -2.43. The number of hydrogen-bond acceptors (Lipinski definition) is 3. The number of pyridine rings is 1. The highest BCUT2D eigenvalue weighted by Gasteiger charge is 2.36. The Bertz CT molecular complexity index is 762. The first kappa shape index (κ1) is 17.5. The van der Waals surface area contributed by atoms with Gasteiger partial charge in [-0.1, -0.05) is 43.9 Å². The van der Waals surface area contributed by atoms with Crippen molar-refractivity contribution in [3.8, 4) is 0 Å². The first-order valence-corrected chi connectivity index (χ1v) is 10.0. The fourth-order valence-electron chi connectivity index (χ4n) is 4.45. The predicted molar refractivity (Wildman–Crippen MR) is 103 cm³/mol. The third kappa shape index (κ3) is 3.75. The first-order chi connectivity index (χ1) is 12.7. The van der Waals surface area contributed by atoms with Crippen LogP contribution in [0.25, 0.3) is 10.9 Å². The average molecular weight is 352 g/mol. The molecule has 0 spiro atoms. The van der Waals surface area contributed by atoms with E-state index in [1.54, 1.807) is 0 Å². The largest absolute Gasteiger partial charge is 0.393 e. The van der Waals surface area contributed by atoms with Crippen LogP contribution >= 0.6 is 0 Å². The highest BCUT2D eigenvalue weighted by Crippen LogP contribution is 2.39. The van der Waals surface area contributed by atoms with Crippen LogP contribution in [0.3, 0.4) is 0 Å². The first-order valence-electron chi connectivity index (χ1n) is 10.0. The molecular formula is C22H28N2O2. The van der Waals surface area contributed by atoms with E-state index >= 15 is 0 Å². The maximum absolute atomic E-state index is 12.9. The zero-order valence-electron chi connectivity index (χ0n) is 15.2. The van der Waals surface area contributed by atoms with Crippen LogP contribution in [-0.2, 0) is 4.79 Å². The van der Waals surface area contributed by atoms with Gasteiger partial charge in [0, 0.05) is 17.5 Å². The number of aromatic nitrogens is 1. The average Bonchev–Trinajstić information content (AvgIpc) is 2.93. The van der Waals surface area contributed by atoms with Gasteiger partial charge in [-0.15, -0.1) is 0 Å². The van der Waals surface area contributed by atoms with E-state index in [4.69, 9.17) is 0 Å². The molecule has 2 fully saturated rings. The van der Waals surface area contributed by atoms with Crippen molar-refractivity contribution < 1.29 is 9.90 Å². The minimum atomic E-state index is -0.231. The molecule has 1 amide bonds. The van der Waals surface area contributed by atoms with Crippen LogP contribution in [0.1, 0.15) is 63.0 Å². The molecule has 0 saturated heterocycles. The van der Waals surface area contributed by atoms with Crippen molar-refractivity contribution in [1.29, 1.82) is 0 Å². The summed E-state index contributed by atoms with van der Waals surface area (Å²) < 4.78 is 0. The summed E-state index contributed by atoms with van der Waals surface area (Å²) in [5.74, 6) is 0.618. The van der Waals surface area contributed by atoms with Crippen LogP contribution in [0.15, 0.2) is 36.5 Å². The summed E-state index contributed by atoms with van der Waals surface area (Å²) in [5.41, 5.74) is 2.03. The SMILES string of the molecule is O=C(N[C@H](c1cnc2ccccc2c1)C1CC(O)C1)C1CCCCCC1. The Kier molecular flexibility index (Phi) is 5.21. The van der Waals surface area contributed by atoms with Gasteiger partial charge in [0.25, 0.3) is 0 Å². The minimum absolute atomic E-state index is 0.0498. The topological polar surface area (TPSA) is 62.2 Å². The van der Waals surface area contributed by atoms with Crippen LogP contribution < -0.4 is 5.32 Å². The molecule has 4 nitrogen and oxygen atoms in total. The zero-order chi connectivity index (χ0) is 17.9. The number of nitrogens with zero attached hydrogens (tertiary/aromatic N) is 1. The van der Waals surface area contributed by atoms with Crippen molar-refractivity contribution >= 4 is 16.8 Å². The molecule has 0 aliphatic heterocycles. The van der Waals surface area contributed by atoms with E-state index in [1.807, 2.05) is 24.4 Å². The summed E-state index contributed by atoms with van der Waals surface area (Å²) in [5, 5.41) is 14.2. The van der Waals surface area contributed by atoms with Gasteiger partial charge in [-0.3, -0.25) is 9.78 Å². The standard InChI is InChI=1S/C22H28N2O2/c25-19-12-17(13-19)21(24-22(26)15-7-3-1-2-4-8-15)18-11-16-9-5-6-10-20(16)23-14-18/h5-6,9-11,14-15,17,19,21,25H,1-4,7-8,12-13H2,(H,24,26)/t17?,19?,21-/m0/s1. The number of amides is 1. The third-order valence-electron chi connectivity index (χ3n) is 6.12. The van der Waals surface area contributed by atoms with Crippen molar-refractivity contribution in [2.75, 3.05) is 0 Å². The number of rotatable bonds is 4. The number of aliphatic hydroxyl groups excluding tert-OH is 1. The molecule has 2 aliphatic rings. The van der Waals surface area contributed by atoms with Gasteiger partial charge in [0.05, 0.1) is 17.7 Å². The Balaban J connectivity index is 1.56. The maximum atomic E-state index is 12.9. The summed E-state index contributed by atoms with van der Waals surface area (Å²) in [6.45, 7) is 0. The molecule has 1 atom stereocenters. The van der Waals surface area contributed by atoms with Gasteiger partial charge < -0.3 is 10.4 Å². The van der Waals surface area contributed by atoms with E-state index in [-0.39, 0.29) is 24.0 Å². The van der Waals surface area contributed by atoms with Gasteiger partial charge >= 0.3 is 0 Å². The Morgan fingerprint density at radius 2 is 1.85 bits per heavy atom. The maximum Gasteiger partial charge on any atom is 0.223 e. The normalized spacial score (nSPS) is 25.3. The highest BCUT2D eigenvalue weighted by atomic mass is 16.3. The van der Waals surface area contributed by atoms with Crippen LogP contribution in [0.2, 0.25) is 0 Å². The molecule has 0 radical (unpaired) electrons. The predicted octanol–water partition coefficient (Wildman–Crippen LogP) is 4.13. The summed E-state index contributed by atoms with van der Waals surface area (Å²) in [6, 6.07) is 10.2. The molecular weight excluding hydrogens is 324 g/mol. The highest BCUT2D eigenvalue weighted by molar-refractivity contribution is 5.81. The monoisotopic (exact) mass is 352 g/mol. The number of hydrogen-bond donors (Lipinski definition) is 2. The molecule has 2 N–H and O–H groups in total. The molecule has 1 aromatic carbocycles. The summed E-state index contributed by atoms with van der Waals surface area (Å²) in [6.07, 6.45) is 9.98. The number of aliphatic hydroxyl groups is 1. The van der Waals surface area contributed by atoms with E-state index in [2.05, 4.69) is 22.4 Å². The second-order valence-corrected chi connectivity index (χ2v) is 8.02. The Morgan fingerprint density at radius 3 is 2.58 bits per heavy atom. The second kappa shape index (κ2) is 7.75. The van der Waals surface area contributed by atoms with E-state index < -0.39 is 0 Å². The lowest BCUT2D eigenvalue weighted by molar-refractivity contribution is -0.127. The van der Waals surface area contributed by atoms with Gasteiger partial charge in [-0.05, 0) is 49.3 Å². The molecule has 26 heavy (non-hydrogen) atoms. The lowest BCUT2D eigenvalue weighted by atomic mass is 9.75.